The number of anilines is 1. The fourth-order valence-electron chi connectivity index (χ4n) is 5.09. The summed E-state index contributed by atoms with van der Waals surface area (Å²) >= 11 is 12.6. The molecule has 196 valence electrons. The quantitative estimate of drug-likeness (QED) is 0.441. The Balaban J connectivity index is 1.47. The fraction of sp³-hybridized carbons (Fsp3) is 0.577. The minimum Gasteiger partial charge on any atom is -0.371 e. The molecule has 0 aromatic heterocycles. The summed E-state index contributed by atoms with van der Waals surface area (Å²) in [5, 5.41) is 8.38. The highest BCUT2D eigenvalue weighted by atomic mass is 35.5. The van der Waals surface area contributed by atoms with E-state index < -0.39 is 0 Å². The van der Waals surface area contributed by atoms with Gasteiger partial charge in [-0.15, -0.1) is 0 Å². The Hall–Kier alpha value is -2.13. The van der Waals surface area contributed by atoms with Gasteiger partial charge in [0.2, 0.25) is 5.96 Å². The van der Waals surface area contributed by atoms with E-state index in [1.54, 1.807) is 0 Å². The van der Waals surface area contributed by atoms with E-state index in [-0.39, 0.29) is 5.54 Å². The van der Waals surface area contributed by atoms with Crippen LogP contribution < -0.4 is 10.6 Å². The second kappa shape index (κ2) is 11.5. The van der Waals surface area contributed by atoms with Crippen LogP contribution in [0.2, 0.25) is 10.0 Å². The van der Waals surface area contributed by atoms with Gasteiger partial charge < -0.3 is 25.3 Å². The van der Waals surface area contributed by atoms with Crippen LogP contribution in [0.3, 0.4) is 0 Å². The number of halogens is 2. The zero-order chi connectivity index (χ0) is 25.9. The van der Waals surface area contributed by atoms with Crippen molar-refractivity contribution in [3.05, 3.63) is 34.0 Å². The van der Waals surface area contributed by atoms with Gasteiger partial charge in [-0.05, 0) is 78.2 Å². The first kappa shape index (κ1) is 26.9. The second-order valence-electron chi connectivity index (χ2n) is 10.4. The maximum atomic E-state index is 6.30. The van der Waals surface area contributed by atoms with Crippen LogP contribution >= 0.6 is 23.2 Å². The molecule has 2 N–H and O–H groups in total. The van der Waals surface area contributed by atoms with Gasteiger partial charge in [-0.25, -0.2) is 15.0 Å². The summed E-state index contributed by atoms with van der Waals surface area (Å²) < 4.78 is 0. The molecule has 1 spiro atoms. The first-order valence-electron chi connectivity index (χ1n) is 12.6. The molecule has 0 bridgehead atoms. The van der Waals surface area contributed by atoms with Gasteiger partial charge >= 0.3 is 0 Å². The summed E-state index contributed by atoms with van der Waals surface area (Å²) in [6.45, 7) is 10.3. The molecule has 0 unspecified atom stereocenters. The van der Waals surface area contributed by atoms with E-state index in [0.717, 1.165) is 74.6 Å². The number of likely N-dealkylation sites (tertiary alicyclic amines) is 2. The van der Waals surface area contributed by atoms with Crippen molar-refractivity contribution in [1.29, 1.82) is 0 Å². The SMILES string of the molecule is C=N/C(=N\C=C(/C)CNC1=Nc2cc(Cl)c(Cl)cc2NC12CCN(C)CC2)N1CCC(N(C)C)CC1. The summed E-state index contributed by atoms with van der Waals surface area (Å²) in [6.07, 6.45) is 5.99. The van der Waals surface area contributed by atoms with E-state index in [0.29, 0.717) is 28.6 Å². The van der Waals surface area contributed by atoms with Gasteiger partial charge in [0.25, 0.3) is 0 Å². The van der Waals surface area contributed by atoms with Gasteiger partial charge in [-0.2, -0.15) is 0 Å². The number of nitrogens with one attached hydrogen (secondary N) is 2. The van der Waals surface area contributed by atoms with Crippen molar-refractivity contribution in [2.24, 2.45) is 15.0 Å². The third-order valence-corrected chi connectivity index (χ3v) is 8.21. The number of rotatable bonds is 4. The maximum Gasteiger partial charge on any atom is 0.224 e. The van der Waals surface area contributed by atoms with Crippen molar-refractivity contribution in [1.82, 2.24) is 20.0 Å². The van der Waals surface area contributed by atoms with Crippen LogP contribution in [0.1, 0.15) is 32.6 Å². The predicted octanol–water partition coefficient (Wildman–Crippen LogP) is 4.49. The lowest BCUT2D eigenvalue weighted by Crippen LogP contribution is -2.59. The fourth-order valence-corrected chi connectivity index (χ4v) is 5.41. The molecule has 3 heterocycles. The lowest BCUT2D eigenvalue weighted by Gasteiger charge is -2.45. The molecule has 0 radical (unpaired) electrons. The van der Waals surface area contributed by atoms with Crippen molar-refractivity contribution >= 4 is 53.1 Å². The highest BCUT2D eigenvalue weighted by Gasteiger charge is 2.41. The van der Waals surface area contributed by atoms with Crippen LogP contribution in [-0.4, -0.2) is 98.7 Å². The highest BCUT2D eigenvalue weighted by Crippen LogP contribution is 2.41. The van der Waals surface area contributed by atoms with Crippen molar-refractivity contribution < 1.29 is 0 Å². The molecule has 1 aromatic rings. The number of hydrogen-bond acceptors (Lipinski definition) is 6. The predicted molar refractivity (Wildman–Crippen MR) is 154 cm³/mol. The molecule has 0 amide bonds. The smallest absolute Gasteiger partial charge is 0.224 e. The van der Waals surface area contributed by atoms with Crippen LogP contribution in [0.15, 0.2) is 38.9 Å². The molecule has 0 saturated carbocycles. The van der Waals surface area contributed by atoms with E-state index in [1.165, 1.54) is 0 Å². The minimum atomic E-state index is -0.259. The number of aliphatic imine (C=N–C) groups is 3. The number of piperidine rings is 2. The largest absolute Gasteiger partial charge is 0.371 e. The normalized spacial score (nSPS) is 21.3. The average Bonchev–Trinajstić information content (AvgIpc) is 2.86. The third kappa shape index (κ3) is 6.05. The third-order valence-electron chi connectivity index (χ3n) is 7.49. The Morgan fingerprint density at radius 1 is 1.22 bits per heavy atom. The molecule has 1 aromatic carbocycles. The van der Waals surface area contributed by atoms with Crippen molar-refractivity contribution in [2.45, 2.75) is 44.2 Å². The Kier molecular flexibility index (Phi) is 8.60. The van der Waals surface area contributed by atoms with Crippen LogP contribution in [0, 0.1) is 0 Å². The molecule has 2 saturated heterocycles. The summed E-state index contributed by atoms with van der Waals surface area (Å²) in [6, 6.07) is 4.32. The molecule has 0 aliphatic carbocycles. The van der Waals surface area contributed by atoms with Gasteiger partial charge in [0, 0.05) is 45.0 Å². The molecule has 10 heteroatoms. The molecule has 2 fully saturated rings. The van der Waals surface area contributed by atoms with Crippen molar-refractivity contribution in [3.8, 4) is 0 Å². The Bertz CT molecular complexity index is 1050. The second-order valence-corrected chi connectivity index (χ2v) is 11.2. The molecular formula is C26H38Cl2N8. The first-order valence-corrected chi connectivity index (χ1v) is 13.4. The molecule has 3 aliphatic heterocycles. The van der Waals surface area contributed by atoms with E-state index in [1.807, 2.05) is 18.3 Å². The van der Waals surface area contributed by atoms with E-state index in [9.17, 15) is 0 Å². The summed E-state index contributed by atoms with van der Waals surface area (Å²) in [5.74, 6) is 1.63. The topological polar surface area (TPSA) is 70.9 Å². The average molecular weight is 534 g/mol. The summed E-state index contributed by atoms with van der Waals surface area (Å²) in [5.41, 5.74) is 2.56. The number of guanidine groups is 1. The number of benzene rings is 1. The first-order chi connectivity index (χ1) is 17.2. The number of nitrogens with zero attached hydrogens (tertiary/aromatic N) is 6. The van der Waals surface area contributed by atoms with Gasteiger partial charge in [0.05, 0.1) is 27.0 Å². The molecule has 8 nitrogen and oxygen atoms in total. The van der Waals surface area contributed by atoms with E-state index in [2.05, 4.69) is 70.1 Å². The lowest BCUT2D eigenvalue weighted by molar-refractivity contribution is 0.190. The van der Waals surface area contributed by atoms with E-state index >= 15 is 0 Å². The van der Waals surface area contributed by atoms with Gasteiger partial charge in [-0.3, -0.25) is 0 Å². The number of amidine groups is 1. The monoisotopic (exact) mass is 532 g/mol. The van der Waals surface area contributed by atoms with Gasteiger partial charge in [0.15, 0.2) is 0 Å². The van der Waals surface area contributed by atoms with Crippen LogP contribution in [-0.2, 0) is 0 Å². The van der Waals surface area contributed by atoms with Crippen LogP contribution in [0.5, 0.6) is 0 Å². The standard InChI is InChI=1S/C26H38Cl2N8/c1-18(17-31-25(29-2)36-10-6-19(7-11-36)34(3)4)16-30-24-26(8-12-35(5)13-9-26)33-23-15-21(28)20(27)14-22(23)32-24/h14-15,17,19,33H,2,6-13,16H2,1,3-5H3,(H,30,32)/b18-17+,31-25+. The minimum absolute atomic E-state index is 0.259. The molecule has 3 aliphatic rings. The summed E-state index contributed by atoms with van der Waals surface area (Å²) in [4.78, 5) is 20.7. The highest BCUT2D eigenvalue weighted by molar-refractivity contribution is 6.42. The molecular weight excluding hydrogens is 495 g/mol. The Morgan fingerprint density at radius 2 is 1.89 bits per heavy atom. The van der Waals surface area contributed by atoms with Crippen molar-refractivity contribution in [2.75, 3.05) is 59.2 Å². The lowest BCUT2D eigenvalue weighted by atomic mass is 9.84. The van der Waals surface area contributed by atoms with Crippen molar-refractivity contribution in [3.63, 3.8) is 0 Å². The van der Waals surface area contributed by atoms with Crippen LogP contribution in [0.4, 0.5) is 11.4 Å². The maximum absolute atomic E-state index is 6.30. The molecule has 0 atom stereocenters. The number of fused-ring (bicyclic) bond motifs is 1. The van der Waals surface area contributed by atoms with E-state index in [4.69, 9.17) is 28.2 Å². The molecule has 36 heavy (non-hydrogen) atoms. The zero-order valence-corrected chi connectivity index (χ0v) is 23.3. The summed E-state index contributed by atoms with van der Waals surface area (Å²) in [7, 11) is 6.44. The van der Waals surface area contributed by atoms with Gasteiger partial charge in [0.1, 0.15) is 5.84 Å². The van der Waals surface area contributed by atoms with Crippen LogP contribution in [0.25, 0.3) is 0 Å². The number of hydrogen-bond donors (Lipinski definition) is 2. The molecule has 4 rings (SSSR count). The Labute approximate surface area is 225 Å². The zero-order valence-electron chi connectivity index (χ0n) is 21.8. The Morgan fingerprint density at radius 3 is 2.53 bits per heavy atom. The van der Waals surface area contributed by atoms with Gasteiger partial charge in [-0.1, -0.05) is 23.2 Å².